The lowest BCUT2D eigenvalue weighted by Crippen LogP contribution is -2.32. The molecular formula is C20H18N2O4. The van der Waals surface area contributed by atoms with Gasteiger partial charge >= 0.3 is 12.0 Å². The van der Waals surface area contributed by atoms with Gasteiger partial charge in [0.15, 0.2) is 6.10 Å². The van der Waals surface area contributed by atoms with E-state index in [1.807, 2.05) is 48.5 Å². The van der Waals surface area contributed by atoms with Crippen molar-refractivity contribution < 1.29 is 19.1 Å². The SMILES string of the molecule is O=C(CCCN1C(=O)CNC1=O)OC1c2ccccc2-c2ccccc21. The van der Waals surface area contributed by atoms with E-state index >= 15 is 0 Å². The van der Waals surface area contributed by atoms with Crippen molar-refractivity contribution in [3.8, 4) is 11.1 Å². The highest BCUT2D eigenvalue weighted by atomic mass is 16.5. The van der Waals surface area contributed by atoms with Crippen molar-refractivity contribution in [1.29, 1.82) is 0 Å². The maximum atomic E-state index is 12.3. The Hall–Kier alpha value is -3.15. The molecule has 26 heavy (non-hydrogen) atoms. The van der Waals surface area contributed by atoms with E-state index in [2.05, 4.69) is 5.32 Å². The van der Waals surface area contributed by atoms with Crippen molar-refractivity contribution in [2.75, 3.05) is 13.1 Å². The molecule has 0 unspecified atom stereocenters. The lowest BCUT2D eigenvalue weighted by molar-refractivity contribution is -0.147. The largest absolute Gasteiger partial charge is 0.452 e. The van der Waals surface area contributed by atoms with Gasteiger partial charge in [0, 0.05) is 24.1 Å². The average molecular weight is 350 g/mol. The van der Waals surface area contributed by atoms with E-state index in [1.165, 1.54) is 0 Å². The van der Waals surface area contributed by atoms with Crippen molar-refractivity contribution in [2.24, 2.45) is 0 Å². The number of carbonyl (C=O) groups is 3. The van der Waals surface area contributed by atoms with E-state index < -0.39 is 12.1 Å². The lowest BCUT2D eigenvalue weighted by atomic mass is 10.1. The third-order valence-corrected chi connectivity index (χ3v) is 4.73. The standard InChI is InChI=1S/C20H18N2O4/c23-17-12-21-20(25)22(17)11-5-10-18(24)26-19-15-8-3-1-6-13(15)14-7-2-4-9-16(14)19/h1-4,6-9,19H,5,10-12H2,(H,21,25). The highest BCUT2D eigenvalue weighted by molar-refractivity contribution is 6.01. The molecule has 6 nitrogen and oxygen atoms in total. The Balaban J connectivity index is 1.42. The smallest absolute Gasteiger partial charge is 0.324 e. The molecule has 132 valence electrons. The zero-order chi connectivity index (χ0) is 18.1. The Bertz CT molecular complexity index is 831. The minimum absolute atomic E-state index is 0.0267. The van der Waals surface area contributed by atoms with Gasteiger partial charge in [-0.15, -0.1) is 0 Å². The highest BCUT2D eigenvalue weighted by Gasteiger charge is 2.31. The molecule has 4 rings (SSSR count). The second kappa shape index (κ2) is 6.63. The lowest BCUT2D eigenvalue weighted by Gasteiger charge is -2.16. The summed E-state index contributed by atoms with van der Waals surface area (Å²) >= 11 is 0. The second-order valence-corrected chi connectivity index (χ2v) is 6.35. The Kier molecular flexibility index (Phi) is 4.16. The van der Waals surface area contributed by atoms with Gasteiger partial charge in [-0.2, -0.15) is 0 Å². The molecule has 2 aromatic rings. The predicted octanol–water partition coefficient (Wildman–Crippen LogP) is 2.63. The summed E-state index contributed by atoms with van der Waals surface area (Å²) in [5.74, 6) is -0.601. The number of carbonyl (C=O) groups excluding carboxylic acids is 3. The molecule has 0 atom stereocenters. The van der Waals surface area contributed by atoms with Crippen LogP contribution in [0.15, 0.2) is 48.5 Å². The molecule has 3 amide bonds. The van der Waals surface area contributed by atoms with Crippen LogP contribution in [0, 0.1) is 0 Å². The molecule has 1 aliphatic carbocycles. The van der Waals surface area contributed by atoms with Crippen LogP contribution in [0.1, 0.15) is 30.1 Å². The number of nitrogens with zero attached hydrogens (tertiary/aromatic N) is 1. The molecule has 2 aromatic carbocycles. The fourth-order valence-corrected chi connectivity index (χ4v) is 3.49. The van der Waals surface area contributed by atoms with Crippen molar-refractivity contribution in [3.63, 3.8) is 0 Å². The Labute approximate surface area is 150 Å². The first-order chi connectivity index (χ1) is 12.6. The number of esters is 1. The molecule has 2 aliphatic rings. The van der Waals surface area contributed by atoms with Crippen LogP contribution < -0.4 is 5.32 Å². The minimum atomic E-state index is -0.411. The van der Waals surface area contributed by atoms with Crippen LogP contribution in [0.3, 0.4) is 0 Å². The van der Waals surface area contributed by atoms with Crippen LogP contribution in [0.2, 0.25) is 0 Å². The molecule has 0 spiro atoms. The Morgan fingerprint density at radius 3 is 2.23 bits per heavy atom. The summed E-state index contributed by atoms with van der Waals surface area (Å²) in [4.78, 5) is 36.5. The van der Waals surface area contributed by atoms with Crippen LogP contribution in [0.4, 0.5) is 4.79 Å². The maximum Gasteiger partial charge on any atom is 0.324 e. The van der Waals surface area contributed by atoms with Gasteiger partial charge in [0.05, 0.1) is 6.54 Å². The topological polar surface area (TPSA) is 75.7 Å². The molecular weight excluding hydrogens is 332 g/mol. The van der Waals surface area contributed by atoms with Crippen LogP contribution in [0.25, 0.3) is 11.1 Å². The van der Waals surface area contributed by atoms with Crippen LogP contribution in [-0.2, 0) is 14.3 Å². The molecule has 0 saturated carbocycles. The van der Waals surface area contributed by atoms with Crippen molar-refractivity contribution in [1.82, 2.24) is 10.2 Å². The fraction of sp³-hybridized carbons (Fsp3) is 0.250. The monoisotopic (exact) mass is 350 g/mol. The van der Waals surface area contributed by atoms with Gasteiger partial charge in [-0.25, -0.2) is 4.79 Å². The predicted molar refractivity (Wildman–Crippen MR) is 94.2 cm³/mol. The summed E-state index contributed by atoms with van der Waals surface area (Å²) in [6.07, 6.45) is 0.123. The number of benzene rings is 2. The fourth-order valence-electron chi connectivity index (χ4n) is 3.49. The maximum absolute atomic E-state index is 12.3. The highest BCUT2D eigenvalue weighted by Crippen LogP contribution is 2.45. The number of ether oxygens (including phenoxy) is 1. The van der Waals surface area contributed by atoms with Gasteiger partial charge in [-0.1, -0.05) is 48.5 Å². The molecule has 0 aromatic heterocycles. The van der Waals surface area contributed by atoms with Gasteiger partial charge in [-0.05, 0) is 17.5 Å². The summed E-state index contributed by atoms with van der Waals surface area (Å²) in [6, 6.07) is 15.4. The first-order valence-electron chi connectivity index (χ1n) is 8.61. The second-order valence-electron chi connectivity index (χ2n) is 6.35. The summed E-state index contributed by atoms with van der Waals surface area (Å²) in [6.45, 7) is 0.247. The first-order valence-corrected chi connectivity index (χ1v) is 8.61. The number of nitrogens with one attached hydrogen (secondary N) is 1. The zero-order valence-corrected chi connectivity index (χ0v) is 14.1. The summed E-state index contributed by atoms with van der Waals surface area (Å²) < 4.78 is 5.74. The van der Waals surface area contributed by atoms with E-state index in [1.54, 1.807) is 0 Å². The number of amides is 3. The molecule has 1 heterocycles. The number of rotatable bonds is 5. The number of urea groups is 1. The van der Waals surface area contributed by atoms with Gasteiger partial charge in [0.1, 0.15) is 0 Å². The van der Waals surface area contributed by atoms with E-state index in [0.29, 0.717) is 6.42 Å². The first kappa shape index (κ1) is 16.3. The van der Waals surface area contributed by atoms with E-state index in [4.69, 9.17) is 4.74 Å². The summed E-state index contributed by atoms with van der Waals surface area (Å²) in [5, 5.41) is 2.46. The summed E-state index contributed by atoms with van der Waals surface area (Å²) in [5.41, 5.74) is 4.13. The van der Waals surface area contributed by atoms with Crippen molar-refractivity contribution in [3.05, 3.63) is 59.7 Å². The van der Waals surface area contributed by atoms with Gasteiger partial charge in [0.25, 0.3) is 0 Å². The van der Waals surface area contributed by atoms with Gasteiger partial charge < -0.3 is 10.1 Å². The van der Waals surface area contributed by atoms with Crippen LogP contribution >= 0.6 is 0 Å². The van der Waals surface area contributed by atoms with Crippen molar-refractivity contribution >= 4 is 17.9 Å². The molecule has 1 saturated heterocycles. The molecule has 1 N–H and O–H groups in total. The number of hydrogen-bond acceptors (Lipinski definition) is 4. The number of hydrogen-bond donors (Lipinski definition) is 1. The van der Waals surface area contributed by atoms with Crippen molar-refractivity contribution in [2.45, 2.75) is 18.9 Å². The van der Waals surface area contributed by atoms with Crippen LogP contribution in [0.5, 0.6) is 0 Å². The molecule has 6 heteroatoms. The Morgan fingerprint density at radius 1 is 1.04 bits per heavy atom. The van der Waals surface area contributed by atoms with E-state index in [-0.39, 0.29) is 31.4 Å². The van der Waals surface area contributed by atoms with Gasteiger partial charge in [0.2, 0.25) is 5.91 Å². The molecule has 1 fully saturated rings. The zero-order valence-electron chi connectivity index (χ0n) is 14.1. The van der Waals surface area contributed by atoms with Crippen LogP contribution in [-0.4, -0.2) is 35.9 Å². The van der Waals surface area contributed by atoms with E-state index in [9.17, 15) is 14.4 Å². The normalized spacial score (nSPS) is 15.6. The third-order valence-electron chi connectivity index (χ3n) is 4.73. The average Bonchev–Trinajstić information content (AvgIpc) is 3.14. The molecule has 0 bridgehead atoms. The number of fused-ring (bicyclic) bond motifs is 3. The summed E-state index contributed by atoms with van der Waals surface area (Å²) in [7, 11) is 0. The Morgan fingerprint density at radius 2 is 1.65 bits per heavy atom. The number of imide groups is 1. The minimum Gasteiger partial charge on any atom is -0.452 e. The molecule has 1 aliphatic heterocycles. The third kappa shape index (κ3) is 2.83. The quantitative estimate of drug-likeness (QED) is 0.664. The van der Waals surface area contributed by atoms with E-state index in [0.717, 1.165) is 27.2 Å². The van der Waals surface area contributed by atoms with Gasteiger partial charge in [-0.3, -0.25) is 14.5 Å². The molecule has 0 radical (unpaired) electrons.